The Hall–Kier alpha value is -0.330. The van der Waals surface area contributed by atoms with Crippen LogP contribution in [-0.2, 0) is 18.8 Å². The van der Waals surface area contributed by atoms with Gasteiger partial charge >= 0.3 is 9.24 Å². The first-order valence-corrected chi connectivity index (χ1v) is 6.41. The van der Waals surface area contributed by atoms with Gasteiger partial charge in [0, 0.05) is 17.8 Å². The Kier molecular flexibility index (Phi) is 3.08. The first-order valence-electron chi connectivity index (χ1n) is 4.14. The molecule has 1 saturated heterocycles. The lowest BCUT2D eigenvalue weighted by Crippen LogP contribution is -2.66. The second kappa shape index (κ2) is 3.67. The summed E-state index contributed by atoms with van der Waals surface area (Å²) in [5.41, 5.74) is -0.771. The lowest BCUT2D eigenvalue weighted by atomic mass is 9.85. The average molecular weight is 242 g/mol. The van der Waals surface area contributed by atoms with Gasteiger partial charge in [0.1, 0.15) is 0 Å². The summed E-state index contributed by atoms with van der Waals surface area (Å²) < 4.78 is 27.8. The van der Waals surface area contributed by atoms with Crippen LogP contribution in [-0.4, -0.2) is 37.9 Å². The quantitative estimate of drug-likeness (QED) is 0.531. The van der Waals surface area contributed by atoms with Gasteiger partial charge in [0.15, 0.2) is 0 Å². The van der Waals surface area contributed by atoms with Crippen molar-refractivity contribution in [1.29, 1.82) is 0 Å². The smallest absolute Gasteiger partial charge is 0.324 e. The molecule has 7 heteroatoms. The molecule has 0 radical (unpaired) electrons. The van der Waals surface area contributed by atoms with Crippen LogP contribution in [0.25, 0.3) is 0 Å². The van der Waals surface area contributed by atoms with Crippen LogP contribution in [0, 0.1) is 0 Å². The van der Waals surface area contributed by atoms with Gasteiger partial charge in [0.2, 0.25) is 5.91 Å². The number of halogens is 1. The van der Waals surface area contributed by atoms with Crippen molar-refractivity contribution in [2.24, 2.45) is 0 Å². The standard InChI is InChI=1S/C7H12ClNO4S/c1-3-7(5-13-2)4-6(10)9(7)14(8,11)12/h3-5H2,1-2H3. The number of methoxy groups -OCH3 is 1. The zero-order chi connectivity index (χ0) is 11.0. The summed E-state index contributed by atoms with van der Waals surface area (Å²) in [7, 11) is 2.63. The number of rotatable bonds is 4. The molecule has 0 bridgehead atoms. The predicted molar refractivity (Wildman–Crippen MR) is 51.1 cm³/mol. The van der Waals surface area contributed by atoms with E-state index in [4.69, 9.17) is 15.4 Å². The number of β-lactam (4-membered cyclic amide) rings is 1. The Morgan fingerprint density at radius 1 is 1.64 bits per heavy atom. The minimum absolute atomic E-state index is 0.170. The summed E-state index contributed by atoms with van der Waals surface area (Å²) in [5, 5.41) is 0. The molecule has 1 aliphatic rings. The molecule has 0 aromatic rings. The number of hydrogen-bond donors (Lipinski definition) is 0. The van der Waals surface area contributed by atoms with E-state index in [1.165, 1.54) is 7.11 Å². The van der Waals surface area contributed by atoms with Gasteiger partial charge in [-0.1, -0.05) is 6.92 Å². The maximum absolute atomic E-state index is 11.1. The zero-order valence-electron chi connectivity index (χ0n) is 7.99. The molecular weight excluding hydrogens is 230 g/mol. The molecule has 1 rings (SSSR count). The van der Waals surface area contributed by atoms with Crippen LogP contribution in [0.3, 0.4) is 0 Å². The molecular formula is C7H12ClNO4S. The highest BCUT2D eigenvalue weighted by Gasteiger charge is 2.55. The fraction of sp³-hybridized carbons (Fsp3) is 0.857. The SMILES string of the molecule is CCC1(COC)CC(=O)N1S(=O)(=O)Cl. The summed E-state index contributed by atoms with van der Waals surface area (Å²) in [4.78, 5) is 11.1. The third-order valence-electron chi connectivity index (χ3n) is 2.43. The second-order valence-corrected chi connectivity index (χ2v) is 5.65. The van der Waals surface area contributed by atoms with Crippen LogP contribution in [0.1, 0.15) is 19.8 Å². The van der Waals surface area contributed by atoms with Gasteiger partial charge in [-0.05, 0) is 6.42 Å². The van der Waals surface area contributed by atoms with Gasteiger partial charge in [-0.2, -0.15) is 8.42 Å². The molecule has 0 spiro atoms. The van der Waals surface area contributed by atoms with Gasteiger partial charge in [-0.25, -0.2) is 4.31 Å². The Bertz CT molecular complexity index is 342. The van der Waals surface area contributed by atoms with E-state index >= 15 is 0 Å². The largest absolute Gasteiger partial charge is 0.382 e. The van der Waals surface area contributed by atoms with Crippen molar-refractivity contribution in [2.45, 2.75) is 25.3 Å². The van der Waals surface area contributed by atoms with Crippen LogP contribution in [0.15, 0.2) is 0 Å². The summed E-state index contributed by atoms with van der Waals surface area (Å²) in [6, 6.07) is 0. The highest BCUT2D eigenvalue weighted by Crippen LogP contribution is 2.38. The summed E-state index contributed by atoms with van der Waals surface area (Å²) in [6.07, 6.45) is 0.668. The number of ether oxygens (including phenoxy) is 1. The number of carbonyl (C=O) groups excluding carboxylic acids is 1. The molecule has 0 saturated carbocycles. The van der Waals surface area contributed by atoms with Crippen molar-refractivity contribution in [3.63, 3.8) is 0 Å². The van der Waals surface area contributed by atoms with Gasteiger partial charge in [0.05, 0.1) is 18.6 Å². The van der Waals surface area contributed by atoms with Crippen LogP contribution in [0.5, 0.6) is 0 Å². The van der Waals surface area contributed by atoms with E-state index in [1.54, 1.807) is 6.92 Å². The molecule has 0 aromatic carbocycles. The molecule has 1 fully saturated rings. The van der Waals surface area contributed by atoms with Crippen molar-refractivity contribution in [3.05, 3.63) is 0 Å². The molecule has 1 amide bonds. The molecule has 1 heterocycles. The Morgan fingerprint density at radius 2 is 2.21 bits per heavy atom. The third-order valence-corrected chi connectivity index (χ3v) is 3.87. The Labute approximate surface area is 87.5 Å². The monoisotopic (exact) mass is 241 g/mol. The maximum atomic E-state index is 11.1. The lowest BCUT2D eigenvalue weighted by molar-refractivity contribution is -0.149. The van der Waals surface area contributed by atoms with Crippen molar-refractivity contribution >= 4 is 25.8 Å². The predicted octanol–water partition coefficient (Wildman–Crippen LogP) is 0.498. The summed E-state index contributed by atoms with van der Waals surface area (Å²) in [6.45, 7) is 1.97. The molecule has 1 atom stereocenters. The fourth-order valence-corrected chi connectivity index (χ4v) is 3.39. The molecule has 14 heavy (non-hydrogen) atoms. The topological polar surface area (TPSA) is 63.7 Å². The van der Waals surface area contributed by atoms with Crippen molar-refractivity contribution in [3.8, 4) is 0 Å². The Morgan fingerprint density at radius 3 is 2.50 bits per heavy atom. The lowest BCUT2D eigenvalue weighted by Gasteiger charge is -2.48. The van der Waals surface area contributed by atoms with E-state index < -0.39 is 20.7 Å². The third kappa shape index (κ3) is 1.74. The van der Waals surface area contributed by atoms with E-state index in [-0.39, 0.29) is 13.0 Å². The average Bonchev–Trinajstić information content (AvgIpc) is 1.99. The van der Waals surface area contributed by atoms with Crippen LogP contribution in [0.4, 0.5) is 0 Å². The van der Waals surface area contributed by atoms with Crippen LogP contribution >= 0.6 is 10.7 Å². The first kappa shape index (κ1) is 11.7. The van der Waals surface area contributed by atoms with E-state index in [0.717, 1.165) is 0 Å². The van der Waals surface area contributed by atoms with Crippen LogP contribution in [0.2, 0.25) is 0 Å². The van der Waals surface area contributed by atoms with E-state index in [2.05, 4.69) is 0 Å². The number of amides is 1. The second-order valence-electron chi connectivity index (χ2n) is 3.29. The molecule has 82 valence electrons. The van der Waals surface area contributed by atoms with Gasteiger partial charge in [-0.15, -0.1) is 0 Å². The van der Waals surface area contributed by atoms with E-state index in [0.29, 0.717) is 10.7 Å². The molecule has 0 aliphatic carbocycles. The molecule has 0 N–H and O–H groups in total. The number of hydrogen-bond acceptors (Lipinski definition) is 4. The summed E-state index contributed by atoms with van der Waals surface area (Å²) >= 11 is 0. The van der Waals surface area contributed by atoms with Crippen LogP contribution < -0.4 is 0 Å². The van der Waals surface area contributed by atoms with Gasteiger partial charge < -0.3 is 4.74 Å². The molecule has 0 aromatic heterocycles. The number of nitrogens with zero attached hydrogens (tertiary/aromatic N) is 1. The van der Waals surface area contributed by atoms with Crippen molar-refractivity contribution in [2.75, 3.05) is 13.7 Å². The zero-order valence-corrected chi connectivity index (χ0v) is 9.56. The normalized spacial score (nSPS) is 27.6. The number of carbonyl (C=O) groups is 1. The summed E-state index contributed by atoms with van der Waals surface area (Å²) in [5.74, 6) is -0.473. The molecule has 5 nitrogen and oxygen atoms in total. The van der Waals surface area contributed by atoms with Crippen molar-refractivity contribution in [1.82, 2.24) is 4.31 Å². The maximum Gasteiger partial charge on any atom is 0.324 e. The van der Waals surface area contributed by atoms with E-state index in [9.17, 15) is 13.2 Å². The molecule has 1 aliphatic heterocycles. The van der Waals surface area contributed by atoms with Gasteiger partial charge in [-0.3, -0.25) is 4.79 Å². The minimum Gasteiger partial charge on any atom is -0.382 e. The Balaban J connectivity index is 2.97. The van der Waals surface area contributed by atoms with Crippen molar-refractivity contribution < 1.29 is 17.9 Å². The highest BCUT2D eigenvalue weighted by molar-refractivity contribution is 8.12. The fourth-order valence-electron chi connectivity index (χ4n) is 1.70. The van der Waals surface area contributed by atoms with Gasteiger partial charge in [0.25, 0.3) is 0 Å². The minimum atomic E-state index is -3.98. The molecule has 1 unspecified atom stereocenters. The van der Waals surface area contributed by atoms with E-state index in [1.807, 2.05) is 0 Å². The first-order chi connectivity index (χ1) is 6.37. The highest BCUT2D eigenvalue weighted by atomic mass is 35.7.